The highest BCUT2D eigenvalue weighted by molar-refractivity contribution is 7.93. The highest BCUT2D eigenvalue weighted by atomic mass is 35.5. The van der Waals surface area contributed by atoms with E-state index in [1.54, 1.807) is 0 Å². The zero-order valence-corrected chi connectivity index (χ0v) is 12.0. The summed E-state index contributed by atoms with van der Waals surface area (Å²) < 4.78 is 46.3. The molecule has 10 heteroatoms. The number of benzene rings is 1. The molecule has 0 radical (unpaired) electrons. The van der Waals surface area contributed by atoms with Crippen molar-refractivity contribution < 1.29 is 26.7 Å². The normalized spacial score (nSPS) is 12.4. The number of sulfone groups is 1. The van der Waals surface area contributed by atoms with Crippen molar-refractivity contribution in [2.24, 2.45) is 5.14 Å². The van der Waals surface area contributed by atoms with Crippen LogP contribution in [0.25, 0.3) is 0 Å². The van der Waals surface area contributed by atoms with Gasteiger partial charge in [0, 0.05) is 0 Å². The van der Waals surface area contributed by atoms with Crippen molar-refractivity contribution in [3.05, 3.63) is 22.7 Å². The molecule has 0 spiro atoms. The number of carbonyl (C=O) groups is 1. The molecule has 0 saturated heterocycles. The van der Waals surface area contributed by atoms with Crippen LogP contribution in [0.1, 0.15) is 17.3 Å². The summed E-state index contributed by atoms with van der Waals surface area (Å²) in [6, 6.07) is 1.42. The Bertz CT molecular complexity index is 738. The summed E-state index contributed by atoms with van der Waals surface area (Å²) in [4.78, 5) is 9.48. The number of carboxylic acids is 1. The van der Waals surface area contributed by atoms with Crippen LogP contribution in [0.2, 0.25) is 5.02 Å². The van der Waals surface area contributed by atoms with Crippen molar-refractivity contribution >= 4 is 37.4 Å². The minimum atomic E-state index is -4.40. The van der Waals surface area contributed by atoms with Crippen LogP contribution in [0.3, 0.4) is 0 Å². The van der Waals surface area contributed by atoms with E-state index in [1.165, 1.54) is 6.92 Å². The second-order valence-electron chi connectivity index (χ2n) is 3.53. The molecule has 0 fully saturated rings. The molecule has 0 saturated carbocycles. The third-order valence-electron chi connectivity index (χ3n) is 2.29. The van der Waals surface area contributed by atoms with Gasteiger partial charge in [-0.1, -0.05) is 18.5 Å². The van der Waals surface area contributed by atoms with Crippen molar-refractivity contribution in [3.8, 4) is 0 Å². The first-order valence-corrected chi connectivity index (χ1v) is 8.40. The monoisotopic (exact) mass is 327 g/mol. The zero-order valence-electron chi connectivity index (χ0n) is 9.62. The first-order valence-electron chi connectivity index (χ1n) is 4.83. The van der Waals surface area contributed by atoms with Crippen molar-refractivity contribution in [2.75, 3.05) is 5.75 Å². The zero-order chi connectivity index (χ0) is 15.0. The number of rotatable bonds is 4. The molecule has 1 aromatic carbocycles. The van der Waals surface area contributed by atoms with Crippen LogP contribution < -0.4 is 5.14 Å². The van der Waals surface area contributed by atoms with Gasteiger partial charge in [-0.3, -0.25) is 0 Å². The maximum Gasteiger partial charge on any atom is 0.337 e. The fourth-order valence-corrected chi connectivity index (χ4v) is 3.95. The number of primary sulfonamides is 1. The summed E-state index contributed by atoms with van der Waals surface area (Å²) in [5.41, 5.74) is -0.541. The van der Waals surface area contributed by atoms with E-state index in [1.807, 2.05) is 0 Å². The fourth-order valence-electron chi connectivity index (χ4n) is 1.32. The van der Waals surface area contributed by atoms with Gasteiger partial charge in [-0.05, 0) is 12.1 Å². The molecule has 0 amide bonds. The molecule has 0 aromatic heterocycles. The van der Waals surface area contributed by atoms with E-state index < -0.39 is 41.2 Å². The van der Waals surface area contributed by atoms with E-state index in [9.17, 15) is 21.6 Å². The largest absolute Gasteiger partial charge is 0.478 e. The van der Waals surface area contributed by atoms with Crippen LogP contribution >= 0.6 is 11.6 Å². The quantitative estimate of drug-likeness (QED) is 0.826. The smallest absolute Gasteiger partial charge is 0.337 e. The predicted octanol–water partition coefficient (Wildman–Crippen LogP) is 0.479. The molecular formula is C9H10ClNO6S2. The number of aromatic carboxylic acids is 1. The van der Waals surface area contributed by atoms with Gasteiger partial charge >= 0.3 is 5.97 Å². The molecule has 0 bridgehead atoms. The second-order valence-corrected chi connectivity index (χ2v) is 7.72. The summed E-state index contributed by atoms with van der Waals surface area (Å²) in [5, 5.41) is 13.4. The number of hydrogen-bond acceptors (Lipinski definition) is 5. The van der Waals surface area contributed by atoms with E-state index in [-0.39, 0.29) is 10.8 Å². The number of nitrogens with two attached hydrogens (primary N) is 1. The number of sulfonamides is 1. The molecule has 0 aliphatic carbocycles. The molecule has 0 atom stereocenters. The van der Waals surface area contributed by atoms with Crippen molar-refractivity contribution in [1.29, 1.82) is 0 Å². The third kappa shape index (κ3) is 3.24. The van der Waals surface area contributed by atoms with E-state index >= 15 is 0 Å². The van der Waals surface area contributed by atoms with Crippen molar-refractivity contribution in [2.45, 2.75) is 16.7 Å². The molecule has 19 heavy (non-hydrogen) atoms. The van der Waals surface area contributed by atoms with Crippen LogP contribution in [0.15, 0.2) is 21.9 Å². The number of halogens is 1. The Kier molecular flexibility index (Phi) is 4.25. The van der Waals surface area contributed by atoms with Crippen molar-refractivity contribution in [3.63, 3.8) is 0 Å². The maximum absolute atomic E-state index is 11.8. The average Bonchev–Trinajstić information content (AvgIpc) is 2.26. The Morgan fingerprint density at radius 1 is 1.26 bits per heavy atom. The highest BCUT2D eigenvalue weighted by Crippen LogP contribution is 2.28. The summed E-state index contributed by atoms with van der Waals surface area (Å²) in [6.07, 6.45) is 0. The summed E-state index contributed by atoms with van der Waals surface area (Å²) >= 11 is 5.63. The van der Waals surface area contributed by atoms with Crippen LogP contribution in [0.4, 0.5) is 0 Å². The lowest BCUT2D eigenvalue weighted by atomic mass is 10.2. The molecular weight excluding hydrogens is 318 g/mol. The Morgan fingerprint density at radius 2 is 1.79 bits per heavy atom. The van der Waals surface area contributed by atoms with Crippen molar-refractivity contribution in [1.82, 2.24) is 0 Å². The Balaban J connectivity index is 3.86. The Morgan fingerprint density at radius 3 is 2.16 bits per heavy atom. The molecule has 1 aromatic rings. The standard InChI is InChI=1S/C9H10ClNO6S2/c1-2-18(14,15)7-4-6(10)5(9(12)13)3-8(7)19(11,16)17/h3-4H,2H2,1H3,(H,12,13)(H2,11,16,17). The minimum Gasteiger partial charge on any atom is -0.478 e. The highest BCUT2D eigenvalue weighted by Gasteiger charge is 2.26. The topological polar surface area (TPSA) is 132 Å². The maximum atomic E-state index is 11.8. The molecule has 0 aliphatic heterocycles. The SMILES string of the molecule is CCS(=O)(=O)c1cc(Cl)c(C(=O)O)cc1S(N)(=O)=O. The lowest BCUT2D eigenvalue weighted by Gasteiger charge is -2.10. The van der Waals surface area contributed by atoms with Gasteiger partial charge in [0.05, 0.1) is 21.2 Å². The Labute approximate surface area is 115 Å². The third-order valence-corrected chi connectivity index (χ3v) is 5.45. The predicted molar refractivity (Wildman–Crippen MR) is 67.5 cm³/mol. The number of hydrogen-bond donors (Lipinski definition) is 2. The summed E-state index contributed by atoms with van der Waals surface area (Å²) in [5.74, 6) is -1.87. The Hall–Kier alpha value is -1.16. The first-order chi connectivity index (χ1) is 8.50. The van der Waals surface area contributed by atoms with E-state index in [2.05, 4.69) is 0 Å². The lowest BCUT2D eigenvalue weighted by Crippen LogP contribution is -2.19. The van der Waals surface area contributed by atoms with Gasteiger partial charge in [0.25, 0.3) is 0 Å². The molecule has 0 unspecified atom stereocenters. The van der Waals surface area contributed by atoms with Gasteiger partial charge in [-0.2, -0.15) is 0 Å². The van der Waals surface area contributed by atoms with E-state index in [0.29, 0.717) is 6.07 Å². The second kappa shape index (κ2) is 5.08. The van der Waals surface area contributed by atoms with Gasteiger partial charge in [-0.15, -0.1) is 0 Å². The first kappa shape index (κ1) is 15.9. The van der Waals surface area contributed by atoms with Gasteiger partial charge in [-0.25, -0.2) is 26.8 Å². The summed E-state index contributed by atoms with van der Waals surface area (Å²) in [7, 11) is -8.31. The van der Waals surface area contributed by atoms with Gasteiger partial charge in [0.1, 0.15) is 4.90 Å². The molecule has 3 N–H and O–H groups in total. The molecule has 106 valence electrons. The van der Waals surface area contributed by atoms with Crippen LogP contribution in [0, 0.1) is 0 Å². The summed E-state index contributed by atoms with van der Waals surface area (Å²) in [6.45, 7) is 1.31. The van der Waals surface area contributed by atoms with Gasteiger partial charge in [0.2, 0.25) is 10.0 Å². The lowest BCUT2D eigenvalue weighted by molar-refractivity contribution is 0.0696. The minimum absolute atomic E-state index is 0.377. The van der Waals surface area contributed by atoms with Crippen LogP contribution in [-0.4, -0.2) is 33.7 Å². The molecule has 7 nitrogen and oxygen atoms in total. The van der Waals surface area contributed by atoms with E-state index in [0.717, 1.165) is 6.07 Å². The van der Waals surface area contributed by atoms with Gasteiger partial charge < -0.3 is 5.11 Å². The van der Waals surface area contributed by atoms with E-state index in [4.69, 9.17) is 21.8 Å². The average molecular weight is 328 g/mol. The fraction of sp³-hybridized carbons (Fsp3) is 0.222. The van der Waals surface area contributed by atoms with Crippen LogP contribution in [0.5, 0.6) is 0 Å². The molecule has 0 heterocycles. The molecule has 0 aliphatic rings. The molecule has 1 rings (SSSR count). The number of carboxylic acid groups (broad SMARTS) is 1. The van der Waals surface area contributed by atoms with Gasteiger partial charge in [0.15, 0.2) is 9.84 Å². The van der Waals surface area contributed by atoms with Crippen LogP contribution in [-0.2, 0) is 19.9 Å².